The fourth-order valence-electron chi connectivity index (χ4n) is 0. The molecule has 4 heteroatoms. The predicted octanol–water partition coefficient (Wildman–Crippen LogP) is 1.25. The number of nitrogens with one attached hydrogen (secondary N) is 1. The maximum absolute atomic E-state index is 6.18. The molecule has 0 aromatic heterocycles. The Hall–Kier alpha value is 0.772. The van der Waals surface area contributed by atoms with Crippen molar-refractivity contribution in [3.63, 3.8) is 0 Å². The van der Waals surface area contributed by atoms with Crippen molar-refractivity contribution in [1.82, 2.24) is 0 Å². The summed E-state index contributed by atoms with van der Waals surface area (Å²) in [5.41, 5.74) is 6.18. The summed E-state index contributed by atoms with van der Waals surface area (Å²) in [6, 6.07) is 0. The van der Waals surface area contributed by atoms with Crippen LogP contribution in [-0.2, 0) is 17.4 Å². The van der Waals surface area contributed by atoms with E-state index in [1.807, 2.05) is 0 Å². The molecule has 0 aliphatic heterocycles. The number of hydrogen-bond donors (Lipinski definition) is 1. The Labute approximate surface area is 52.5 Å². The van der Waals surface area contributed by atoms with Gasteiger partial charge in [-0.25, -0.2) is 0 Å². The van der Waals surface area contributed by atoms with E-state index in [0.29, 0.717) is 0 Å². The molecule has 0 saturated carbocycles. The predicted molar refractivity (Wildman–Crippen MR) is 25.9 cm³/mol. The van der Waals surface area contributed by atoms with Crippen LogP contribution in [0.25, 0.3) is 5.73 Å². The first-order chi connectivity index (χ1) is 1.73. The van der Waals surface area contributed by atoms with E-state index in [9.17, 15) is 0 Å². The summed E-state index contributed by atoms with van der Waals surface area (Å²) < 4.78 is -0.0556. The molecular formula is CH2CrNS2-. The monoisotopic (exact) mass is 144 g/mol. The van der Waals surface area contributed by atoms with E-state index in [0.717, 1.165) is 0 Å². The first-order valence-corrected chi connectivity index (χ1v) is 1.53. The largest absolute Gasteiger partial charge is 0.684 e. The number of rotatable bonds is 0. The zero-order valence-corrected chi connectivity index (χ0v) is 5.25. The second kappa shape index (κ2) is 4.77. The molecule has 0 aromatic carbocycles. The third-order valence-corrected chi connectivity index (χ3v) is 0. The van der Waals surface area contributed by atoms with E-state index in [1.165, 1.54) is 0 Å². The fraction of sp³-hybridized carbons (Fsp3) is 0. The molecule has 0 bridgehead atoms. The average Bonchev–Trinajstić information content (AvgIpc) is 0.811. The molecule has 0 rings (SSSR count). The van der Waals surface area contributed by atoms with Crippen molar-refractivity contribution < 1.29 is 17.4 Å². The number of hydrogen-bond acceptors (Lipinski definition) is 1. The van der Waals surface area contributed by atoms with E-state index >= 15 is 0 Å². The van der Waals surface area contributed by atoms with Crippen LogP contribution in [0.5, 0.6) is 0 Å². The van der Waals surface area contributed by atoms with E-state index in [4.69, 9.17) is 5.73 Å². The van der Waals surface area contributed by atoms with Gasteiger partial charge in [0.1, 0.15) is 0 Å². The molecule has 0 aromatic rings. The summed E-state index contributed by atoms with van der Waals surface area (Å²) in [7, 11) is 0. The van der Waals surface area contributed by atoms with Gasteiger partial charge in [-0.15, -0.1) is 0 Å². The number of thiol groups is 1. The quantitative estimate of drug-likeness (QED) is 0.401. The minimum Gasteiger partial charge on any atom is -0.684 e. The second-order valence-electron chi connectivity index (χ2n) is 0.305. The van der Waals surface area contributed by atoms with Crippen LogP contribution in [0.1, 0.15) is 0 Å². The summed E-state index contributed by atoms with van der Waals surface area (Å²) in [5, 5.41) is 0. The minimum absolute atomic E-state index is 0. The summed E-state index contributed by atoms with van der Waals surface area (Å²) in [5.74, 6) is 0. The zero-order chi connectivity index (χ0) is 3.58. The summed E-state index contributed by atoms with van der Waals surface area (Å²) >= 11 is 7.43. The summed E-state index contributed by atoms with van der Waals surface area (Å²) in [6.07, 6.45) is 0. The molecule has 1 N–H and O–H groups in total. The molecule has 0 saturated heterocycles. The molecule has 0 fully saturated rings. The topological polar surface area (TPSA) is 23.8 Å². The first-order valence-electron chi connectivity index (χ1n) is 0.678. The minimum atomic E-state index is -0.0556. The van der Waals surface area contributed by atoms with Crippen LogP contribution in [0.4, 0.5) is 0 Å². The van der Waals surface area contributed by atoms with Crippen LogP contribution in [0.15, 0.2) is 0 Å². The molecule has 0 radical (unpaired) electrons. The van der Waals surface area contributed by atoms with Crippen LogP contribution < -0.4 is 0 Å². The third kappa shape index (κ3) is 61.5. The maximum atomic E-state index is 6.18. The van der Waals surface area contributed by atoms with Crippen molar-refractivity contribution >= 4 is 29.2 Å². The Bertz CT molecular complexity index is 32.6. The van der Waals surface area contributed by atoms with Gasteiger partial charge in [-0.05, 0) is 4.32 Å². The van der Waals surface area contributed by atoms with Crippen LogP contribution in [0, 0.1) is 0 Å². The van der Waals surface area contributed by atoms with Gasteiger partial charge in [-0.1, -0.05) is 12.2 Å². The van der Waals surface area contributed by atoms with E-state index in [1.54, 1.807) is 0 Å². The smallest absolute Gasteiger partial charge is 0 e. The van der Waals surface area contributed by atoms with E-state index < -0.39 is 0 Å². The Morgan fingerprint density at radius 2 is 1.80 bits per heavy atom. The normalized spacial score (nSPS) is 5.00. The molecule has 0 aliphatic rings. The standard InChI is InChI=1S/CH3NS2.Cr/c2-1(3)4;/h(H3,2,3,4);/p-1. The van der Waals surface area contributed by atoms with Crippen molar-refractivity contribution in [2.24, 2.45) is 0 Å². The van der Waals surface area contributed by atoms with Crippen molar-refractivity contribution in [2.75, 3.05) is 0 Å². The second-order valence-corrected chi connectivity index (χ2v) is 1.46. The van der Waals surface area contributed by atoms with E-state index in [2.05, 4.69) is 24.8 Å². The van der Waals surface area contributed by atoms with Crippen LogP contribution in [0.2, 0.25) is 0 Å². The molecule has 30 valence electrons. The average molecular weight is 144 g/mol. The van der Waals surface area contributed by atoms with Gasteiger partial charge in [-0.3, -0.25) is 0 Å². The van der Waals surface area contributed by atoms with Gasteiger partial charge in [0.05, 0.1) is 0 Å². The molecule has 0 heterocycles. The van der Waals surface area contributed by atoms with E-state index in [-0.39, 0.29) is 21.7 Å². The van der Waals surface area contributed by atoms with Crippen molar-refractivity contribution in [3.8, 4) is 0 Å². The van der Waals surface area contributed by atoms with Gasteiger partial charge in [0.15, 0.2) is 0 Å². The summed E-state index contributed by atoms with van der Waals surface area (Å²) in [4.78, 5) is 0. The first kappa shape index (κ1) is 9.24. The SMILES string of the molecule is [Cr].[NH-]C(=S)S. The maximum Gasteiger partial charge on any atom is 0 e. The summed E-state index contributed by atoms with van der Waals surface area (Å²) in [6.45, 7) is 0. The van der Waals surface area contributed by atoms with Gasteiger partial charge in [0.25, 0.3) is 0 Å². The molecule has 0 amide bonds. The molecule has 0 unspecified atom stereocenters. The number of thiocarbonyl (C=S) groups is 1. The third-order valence-electron chi connectivity index (χ3n) is 0. The van der Waals surface area contributed by atoms with Crippen LogP contribution in [-0.4, -0.2) is 4.32 Å². The molecule has 0 spiro atoms. The fourth-order valence-corrected chi connectivity index (χ4v) is 0. The molecule has 0 atom stereocenters. The Kier molecular flexibility index (Phi) is 8.82. The Morgan fingerprint density at radius 1 is 1.80 bits per heavy atom. The van der Waals surface area contributed by atoms with Gasteiger partial charge in [0.2, 0.25) is 0 Å². The van der Waals surface area contributed by atoms with Gasteiger partial charge in [0, 0.05) is 17.4 Å². The van der Waals surface area contributed by atoms with Crippen molar-refractivity contribution in [1.29, 1.82) is 0 Å². The van der Waals surface area contributed by atoms with Gasteiger partial charge < -0.3 is 5.73 Å². The Morgan fingerprint density at radius 3 is 1.80 bits per heavy atom. The van der Waals surface area contributed by atoms with Gasteiger partial charge in [-0.2, -0.15) is 12.6 Å². The Balaban J connectivity index is 0. The molecule has 0 aliphatic carbocycles. The molecule has 5 heavy (non-hydrogen) atoms. The van der Waals surface area contributed by atoms with Crippen molar-refractivity contribution in [3.05, 3.63) is 5.73 Å². The molecular weight excluding hydrogens is 142 g/mol. The van der Waals surface area contributed by atoms with Gasteiger partial charge >= 0.3 is 0 Å². The van der Waals surface area contributed by atoms with Crippen LogP contribution in [0.3, 0.4) is 0 Å². The molecule has 1 nitrogen and oxygen atoms in total. The van der Waals surface area contributed by atoms with Crippen molar-refractivity contribution in [2.45, 2.75) is 0 Å². The zero-order valence-electron chi connectivity index (χ0n) is 2.26. The van der Waals surface area contributed by atoms with Crippen LogP contribution >= 0.6 is 24.8 Å².